The second-order valence-electron chi connectivity index (χ2n) is 9.31. The summed E-state index contributed by atoms with van der Waals surface area (Å²) in [5.41, 5.74) is 6.03. The summed E-state index contributed by atoms with van der Waals surface area (Å²) in [7, 11) is 1.62. The van der Waals surface area contributed by atoms with Gasteiger partial charge in [0.25, 0.3) is 11.8 Å². The number of ether oxygens (including phenoxy) is 1. The highest BCUT2D eigenvalue weighted by molar-refractivity contribution is 7.80. The fourth-order valence-corrected chi connectivity index (χ4v) is 4.41. The van der Waals surface area contributed by atoms with E-state index in [1.807, 2.05) is 105 Å². The van der Waals surface area contributed by atoms with E-state index in [1.165, 1.54) is 0 Å². The molecule has 0 aliphatic carbocycles. The van der Waals surface area contributed by atoms with Crippen LogP contribution in [0.2, 0.25) is 0 Å². The van der Waals surface area contributed by atoms with Crippen LogP contribution in [0.4, 0.5) is 5.69 Å². The topological polar surface area (TPSA) is 83.2 Å². The van der Waals surface area contributed by atoms with Crippen LogP contribution in [0.3, 0.4) is 0 Å². The van der Waals surface area contributed by atoms with Gasteiger partial charge in [-0.05, 0) is 73.0 Å². The molecule has 1 aromatic heterocycles. The van der Waals surface area contributed by atoms with Crippen LogP contribution in [0, 0.1) is 0 Å². The molecule has 0 atom stereocenters. The zero-order valence-electron chi connectivity index (χ0n) is 23.3. The zero-order valence-corrected chi connectivity index (χ0v) is 24.2. The predicted octanol–water partition coefficient (Wildman–Crippen LogP) is 7.66. The first kappa shape index (κ1) is 29.2. The highest BCUT2D eigenvalue weighted by Crippen LogP contribution is 2.27. The Morgan fingerprint density at radius 3 is 2.32 bits per heavy atom. The van der Waals surface area contributed by atoms with E-state index in [0.29, 0.717) is 34.1 Å². The standard InChI is InChI=1S/C34H33N3O3S/c1-4-10-27(40-3)20-15-23(2)28-21-30(25-11-6-5-7-12-25)36-32(28)34(39)35-22-24-16-18-26(19-17-24)33(38)37-29-13-8-9-14-31(29)41/h4-21,36,41H,22H2,1-3H3,(H,35,39)(H,37,38)/b10-4-,23-15+,27-20+. The molecule has 0 saturated heterocycles. The SMILES string of the molecule is C\C=C/C(=C\C=C(/C)c1cc(-c2ccccc2)[nH]c1C(=O)NCc1ccc(C(=O)Nc2ccccc2S)cc1)OC. The van der Waals surface area contributed by atoms with Crippen LogP contribution in [-0.2, 0) is 11.3 Å². The summed E-state index contributed by atoms with van der Waals surface area (Å²) in [6.45, 7) is 4.19. The van der Waals surface area contributed by atoms with Gasteiger partial charge in [0.15, 0.2) is 0 Å². The third-order valence-electron chi connectivity index (χ3n) is 6.44. The van der Waals surface area contributed by atoms with Crippen molar-refractivity contribution in [1.82, 2.24) is 10.3 Å². The van der Waals surface area contributed by atoms with Gasteiger partial charge in [0.1, 0.15) is 11.5 Å². The number of aromatic nitrogens is 1. The van der Waals surface area contributed by atoms with E-state index in [2.05, 4.69) is 28.2 Å². The third-order valence-corrected chi connectivity index (χ3v) is 6.83. The lowest BCUT2D eigenvalue weighted by Crippen LogP contribution is -2.24. The summed E-state index contributed by atoms with van der Waals surface area (Å²) < 4.78 is 5.39. The fraction of sp³-hybridized carbons (Fsp3) is 0.118. The molecule has 208 valence electrons. The van der Waals surface area contributed by atoms with Crippen molar-refractivity contribution in [1.29, 1.82) is 0 Å². The molecule has 0 aliphatic heterocycles. The maximum Gasteiger partial charge on any atom is 0.268 e. The van der Waals surface area contributed by atoms with Crippen molar-refractivity contribution >= 4 is 35.7 Å². The quantitative estimate of drug-likeness (QED) is 0.0908. The smallest absolute Gasteiger partial charge is 0.268 e. The van der Waals surface area contributed by atoms with Gasteiger partial charge in [-0.15, -0.1) is 12.6 Å². The molecule has 0 radical (unpaired) electrons. The molecule has 3 aromatic carbocycles. The summed E-state index contributed by atoms with van der Waals surface area (Å²) in [5, 5.41) is 5.88. The Morgan fingerprint density at radius 2 is 1.63 bits per heavy atom. The minimum atomic E-state index is -0.230. The molecule has 3 N–H and O–H groups in total. The number of allylic oxidation sites excluding steroid dienone is 5. The van der Waals surface area contributed by atoms with Gasteiger partial charge < -0.3 is 20.4 Å². The van der Waals surface area contributed by atoms with E-state index >= 15 is 0 Å². The number of amides is 2. The molecular weight excluding hydrogens is 530 g/mol. The largest absolute Gasteiger partial charge is 0.497 e. The van der Waals surface area contributed by atoms with Gasteiger partial charge in [0, 0.05) is 28.3 Å². The Balaban J connectivity index is 1.51. The molecule has 7 heteroatoms. The lowest BCUT2D eigenvalue weighted by molar-refractivity contribution is 0.0945. The average molecular weight is 564 g/mol. The van der Waals surface area contributed by atoms with Crippen molar-refractivity contribution in [3.05, 3.63) is 137 Å². The highest BCUT2D eigenvalue weighted by atomic mass is 32.1. The minimum absolute atomic E-state index is 0.228. The van der Waals surface area contributed by atoms with Crippen LogP contribution in [0.1, 0.15) is 45.8 Å². The van der Waals surface area contributed by atoms with Crippen molar-refractivity contribution in [2.75, 3.05) is 12.4 Å². The molecule has 6 nitrogen and oxygen atoms in total. The first-order valence-electron chi connectivity index (χ1n) is 13.2. The Labute approximate surface area is 246 Å². The van der Waals surface area contributed by atoms with E-state index in [1.54, 1.807) is 25.3 Å². The van der Waals surface area contributed by atoms with Crippen LogP contribution in [0.5, 0.6) is 0 Å². The summed E-state index contributed by atoms with van der Waals surface area (Å²) in [5.74, 6) is 0.254. The summed E-state index contributed by atoms with van der Waals surface area (Å²) in [6, 6.07) is 26.3. The minimum Gasteiger partial charge on any atom is -0.497 e. The normalized spacial score (nSPS) is 11.9. The number of H-pyrrole nitrogens is 1. The van der Waals surface area contributed by atoms with Crippen LogP contribution in [-0.4, -0.2) is 23.9 Å². The zero-order chi connectivity index (χ0) is 29.2. The number of benzene rings is 3. The molecule has 41 heavy (non-hydrogen) atoms. The third kappa shape index (κ3) is 7.68. The van der Waals surface area contributed by atoms with E-state index in [9.17, 15) is 9.59 Å². The number of hydrogen-bond acceptors (Lipinski definition) is 4. The number of nitrogens with one attached hydrogen (secondary N) is 3. The summed E-state index contributed by atoms with van der Waals surface area (Å²) in [6.07, 6.45) is 7.58. The number of carbonyl (C=O) groups is 2. The van der Waals surface area contributed by atoms with E-state index < -0.39 is 0 Å². The molecule has 4 aromatic rings. The van der Waals surface area contributed by atoms with Crippen molar-refractivity contribution in [2.24, 2.45) is 0 Å². The lowest BCUT2D eigenvalue weighted by atomic mass is 10.0. The van der Waals surface area contributed by atoms with Gasteiger partial charge in [0.05, 0.1) is 12.8 Å². The molecule has 2 amide bonds. The number of anilines is 1. The van der Waals surface area contributed by atoms with Crippen LogP contribution >= 0.6 is 12.6 Å². The van der Waals surface area contributed by atoms with Crippen LogP contribution in [0.25, 0.3) is 16.8 Å². The highest BCUT2D eigenvalue weighted by Gasteiger charge is 2.17. The van der Waals surface area contributed by atoms with Crippen LogP contribution in [0.15, 0.2) is 120 Å². The molecule has 0 spiro atoms. The predicted molar refractivity (Wildman–Crippen MR) is 169 cm³/mol. The number of carbonyl (C=O) groups excluding carboxylic acids is 2. The number of para-hydroxylation sites is 1. The van der Waals surface area contributed by atoms with Crippen LogP contribution < -0.4 is 10.6 Å². The van der Waals surface area contributed by atoms with Crippen molar-refractivity contribution < 1.29 is 14.3 Å². The first-order chi connectivity index (χ1) is 19.9. The fourth-order valence-electron chi connectivity index (χ4n) is 4.19. The number of thiol groups is 1. The Hall–Kier alpha value is -4.75. The molecule has 4 rings (SSSR count). The Bertz CT molecular complexity index is 1600. The van der Waals surface area contributed by atoms with E-state index in [0.717, 1.165) is 28.0 Å². The van der Waals surface area contributed by atoms with Crippen molar-refractivity contribution in [3.63, 3.8) is 0 Å². The van der Waals surface area contributed by atoms with Gasteiger partial charge in [0.2, 0.25) is 0 Å². The maximum atomic E-state index is 13.4. The van der Waals surface area contributed by atoms with Gasteiger partial charge in [-0.25, -0.2) is 0 Å². The summed E-state index contributed by atoms with van der Waals surface area (Å²) >= 11 is 4.38. The molecule has 0 bridgehead atoms. The Morgan fingerprint density at radius 1 is 0.927 bits per heavy atom. The molecule has 0 unspecified atom stereocenters. The number of rotatable bonds is 10. The number of aromatic amines is 1. The Kier molecular flexibility index (Phi) is 10.0. The molecule has 0 saturated carbocycles. The molecule has 0 fully saturated rings. The molecule has 1 heterocycles. The first-order valence-corrected chi connectivity index (χ1v) is 13.6. The maximum absolute atomic E-state index is 13.4. The van der Waals surface area contributed by atoms with Gasteiger partial charge in [-0.1, -0.05) is 66.7 Å². The second-order valence-corrected chi connectivity index (χ2v) is 9.79. The van der Waals surface area contributed by atoms with Gasteiger partial charge in [-0.3, -0.25) is 9.59 Å². The number of hydrogen-bond donors (Lipinski definition) is 4. The molecular formula is C34H33N3O3S. The monoisotopic (exact) mass is 563 g/mol. The number of methoxy groups -OCH3 is 1. The van der Waals surface area contributed by atoms with Crippen molar-refractivity contribution in [2.45, 2.75) is 25.3 Å². The van der Waals surface area contributed by atoms with E-state index in [-0.39, 0.29) is 11.8 Å². The van der Waals surface area contributed by atoms with Crippen molar-refractivity contribution in [3.8, 4) is 11.3 Å². The summed E-state index contributed by atoms with van der Waals surface area (Å²) in [4.78, 5) is 30.1. The average Bonchev–Trinajstić information content (AvgIpc) is 3.46. The second kappa shape index (κ2) is 14.1. The van der Waals surface area contributed by atoms with Gasteiger partial charge >= 0.3 is 0 Å². The lowest BCUT2D eigenvalue weighted by Gasteiger charge is -2.09. The van der Waals surface area contributed by atoms with Gasteiger partial charge in [-0.2, -0.15) is 0 Å². The van der Waals surface area contributed by atoms with E-state index in [4.69, 9.17) is 4.74 Å². The molecule has 0 aliphatic rings.